The van der Waals surface area contributed by atoms with Crippen LogP contribution < -0.4 is 15.6 Å². The van der Waals surface area contributed by atoms with Gasteiger partial charge >= 0.3 is 0 Å². The molecule has 0 aliphatic carbocycles. The molecule has 0 unspecified atom stereocenters. The summed E-state index contributed by atoms with van der Waals surface area (Å²) in [6.45, 7) is 1.71. The first kappa shape index (κ1) is 26.0. The predicted octanol–water partition coefficient (Wildman–Crippen LogP) is 5.44. The monoisotopic (exact) mass is 525 g/mol. The number of nitrogens with zero attached hydrogens (tertiary/aromatic N) is 2. The van der Waals surface area contributed by atoms with Crippen LogP contribution in [0, 0.1) is 0 Å². The Morgan fingerprint density at radius 3 is 2.67 bits per heavy atom. The third-order valence-corrected chi connectivity index (χ3v) is 7.11. The molecule has 0 atom stereocenters. The lowest BCUT2D eigenvalue weighted by molar-refractivity contribution is -0.647. The van der Waals surface area contributed by atoms with Gasteiger partial charge in [-0.25, -0.2) is 9.13 Å². The van der Waals surface area contributed by atoms with E-state index in [0.717, 1.165) is 59.0 Å². The molecule has 0 bridgehead atoms. The van der Waals surface area contributed by atoms with Crippen LogP contribution in [-0.2, 0) is 18.4 Å². The highest BCUT2D eigenvalue weighted by molar-refractivity contribution is 6.42. The molecule has 3 aromatic carbocycles. The van der Waals surface area contributed by atoms with E-state index in [1.165, 1.54) is 0 Å². The SMILES string of the molecule is C[n+]1c(/C=C/c2c(O)ccc3ccccc23)n(CCCCCC(=O)NCCN)c2cc(Cl)c(Cl)cc21. The van der Waals surface area contributed by atoms with Gasteiger partial charge in [0.05, 0.1) is 23.6 Å². The Morgan fingerprint density at radius 2 is 1.86 bits per heavy atom. The fourth-order valence-corrected chi connectivity index (χ4v) is 4.84. The van der Waals surface area contributed by atoms with Gasteiger partial charge in [0.1, 0.15) is 5.75 Å². The van der Waals surface area contributed by atoms with E-state index in [-0.39, 0.29) is 11.7 Å². The van der Waals surface area contributed by atoms with E-state index < -0.39 is 0 Å². The largest absolute Gasteiger partial charge is 0.507 e. The number of fused-ring (bicyclic) bond motifs is 2. The zero-order valence-corrected chi connectivity index (χ0v) is 21.8. The molecule has 8 heteroatoms. The van der Waals surface area contributed by atoms with Crippen molar-refractivity contribution in [2.24, 2.45) is 12.8 Å². The number of rotatable bonds is 10. The molecule has 4 N–H and O–H groups in total. The highest BCUT2D eigenvalue weighted by Gasteiger charge is 2.22. The van der Waals surface area contributed by atoms with Crippen molar-refractivity contribution in [1.82, 2.24) is 9.88 Å². The number of hydrogen-bond acceptors (Lipinski definition) is 3. The van der Waals surface area contributed by atoms with Crippen LogP contribution in [-0.4, -0.2) is 28.7 Å². The van der Waals surface area contributed by atoms with Gasteiger partial charge in [-0.1, -0.05) is 53.5 Å². The molecule has 4 aromatic rings. The zero-order valence-electron chi connectivity index (χ0n) is 20.3. The molecule has 1 amide bonds. The molecular formula is C28H31Cl2N4O2+. The fraction of sp³-hybridized carbons (Fsp3) is 0.286. The van der Waals surface area contributed by atoms with Crippen molar-refractivity contribution in [3.05, 3.63) is 70.0 Å². The Hall–Kier alpha value is -3.06. The summed E-state index contributed by atoms with van der Waals surface area (Å²) >= 11 is 12.7. The molecule has 188 valence electrons. The summed E-state index contributed by atoms with van der Waals surface area (Å²) in [6, 6.07) is 15.4. The molecule has 0 saturated carbocycles. The van der Waals surface area contributed by atoms with Gasteiger partial charge in [-0.2, -0.15) is 0 Å². The number of amides is 1. The first-order valence-corrected chi connectivity index (χ1v) is 12.9. The predicted molar refractivity (Wildman–Crippen MR) is 148 cm³/mol. The second-order valence-electron chi connectivity index (χ2n) is 8.83. The number of hydrogen-bond donors (Lipinski definition) is 3. The Kier molecular flexibility index (Phi) is 8.52. The minimum atomic E-state index is 0.0400. The number of aryl methyl sites for hydroxylation is 2. The molecule has 0 aliphatic heterocycles. The van der Waals surface area contributed by atoms with E-state index in [2.05, 4.69) is 14.5 Å². The van der Waals surface area contributed by atoms with Crippen LogP contribution in [0.4, 0.5) is 0 Å². The number of unbranched alkanes of at least 4 members (excludes halogenated alkanes) is 2. The smallest absolute Gasteiger partial charge is 0.282 e. The lowest BCUT2D eigenvalue weighted by Crippen LogP contribution is -2.31. The molecule has 1 aromatic heterocycles. The maximum Gasteiger partial charge on any atom is 0.282 e. The van der Waals surface area contributed by atoms with E-state index in [4.69, 9.17) is 28.9 Å². The van der Waals surface area contributed by atoms with Crippen molar-refractivity contribution < 1.29 is 14.5 Å². The number of benzene rings is 3. The van der Waals surface area contributed by atoms with Crippen LogP contribution in [0.5, 0.6) is 5.75 Å². The quantitative estimate of drug-likeness (QED) is 0.190. The Balaban J connectivity index is 1.63. The van der Waals surface area contributed by atoms with Gasteiger partial charge in [0.25, 0.3) is 5.82 Å². The third kappa shape index (κ3) is 5.67. The molecule has 4 rings (SSSR count). The second-order valence-corrected chi connectivity index (χ2v) is 9.64. The van der Waals surface area contributed by atoms with Gasteiger partial charge in [0.2, 0.25) is 5.91 Å². The van der Waals surface area contributed by atoms with Crippen molar-refractivity contribution >= 4 is 63.1 Å². The highest BCUT2D eigenvalue weighted by Crippen LogP contribution is 2.31. The van der Waals surface area contributed by atoms with E-state index in [1.807, 2.05) is 61.7 Å². The summed E-state index contributed by atoms with van der Waals surface area (Å²) in [5, 5.41) is 16.5. The van der Waals surface area contributed by atoms with Crippen molar-refractivity contribution in [2.45, 2.75) is 32.2 Å². The van der Waals surface area contributed by atoms with E-state index in [0.29, 0.717) is 29.6 Å². The number of halogens is 2. The Labute approximate surface area is 220 Å². The average Bonchev–Trinajstić information content (AvgIpc) is 3.12. The lowest BCUT2D eigenvalue weighted by atomic mass is 10.0. The summed E-state index contributed by atoms with van der Waals surface area (Å²) in [5.74, 6) is 1.23. The molecule has 0 spiro atoms. The molecule has 36 heavy (non-hydrogen) atoms. The van der Waals surface area contributed by atoms with Crippen molar-refractivity contribution in [2.75, 3.05) is 13.1 Å². The number of aromatic nitrogens is 2. The van der Waals surface area contributed by atoms with Gasteiger partial charge < -0.3 is 16.2 Å². The lowest BCUT2D eigenvalue weighted by Gasteiger charge is -2.06. The summed E-state index contributed by atoms with van der Waals surface area (Å²) < 4.78 is 4.29. The van der Waals surface area contributed by atoms with Crippen LogP contribution in [0.1, 0.15) is 37.1 Å². The van der Waals surface area contributed by atoms with Gasteiger partial charge in [0.15, 0.2) is 11.0 Å². The van der Waals surface area contributed by atoms with Crippen molar-refractivity contribution in [3.63, 3.8) is 0 Å². The molecule has 0 radical (unpaired) electrons. The number of imidazole rings is 1. The number of phenolic OH excluding ortho intramolecular Hbond substituents is 1. The Morgan fingerprint density at radius 1 is 1.08 bits per heavy atom. The number of phenols is 1. The summed E-state index contributed by atoms with van der Waals surface area (Å²) in [7, 11) is 1.99. The molecule has 0 saturated heterocycles. The molecule has 0 aliphatic rings. The summed E-state index contributed by atoms with van der Waals surface area (Å²) in [5.41, 5.74) is 8.15. The number of carbonyl (C=O) groups excluding carboxylic acids is 1. The fourth-order valence-electron chi connectivity index (χ4n) is 4.52. The molecule has 0 fully saturated rings. The van der Waals surface area contributed by atoms with Gasteiger partial charge in [-0.3, -0.25) is 4.79 Å². The maximum atomic E-state index is 11.8. The summed E-state index contributed by atoms with van der Waals surface area (Å²) in [6.07, 6.45) is 7.08. The minimum absolute atomic E-state index is 0.0400. The van der Waals surface area contributed by atoms with Crippen molar-refractivity contribution in [3.8, 4) is 5.75 Å². The van der Waals surface area contributed by atoms with E-state index in [1.54, 1.807) is 6.07 Å². The Bertz CT molecular complexity index is 1430. The number of nitrogens with two attached hydrogens (primary N) is 1. The van der Waals surface area contributed by atoms with Crippen molar-refractivity contribution in [1.29, 1.82) is 0 Å². The average molecular weight is 526 g/mol. The maximum absolute atomic E-state index is 11.8. The van der Waals surface area contributed by atoms with Crippen LogP contribution >= 0.6 is 23.2 Å². The summed E-state index contributed by atoms with van der Waals surface area (Å²) in [4.78, 5) is 11.8. The zero-order chi connectivity index (χ0) is 25.7. The first-order valence-electron chi connectivity index (χ1n) is 12.1. The van der Waals surface area contributed by atoms with Gasteiger partial charge in [-0.05, 0) is 42.2 Å². The van der Waals surface area contributed by atoms with Crippen LogP contribution in [0.15, 0.2) is 48.5 Å². The molecule has 6 nitrogen and oxygen atoms in total. The van der Waals surface area contributed by atoms with Gasteiger partial charge in [-0.15, -0.1) is 0 Å². The van der Waals surface area contributed by atoms with E-state index >= 15 is 0 Å². The standard InChI is InChI=1S/C28H30Cl2N4O2/c1-33-24-17-22(29)23(30)18-25(24)34(16-6-2-3-9-27(36)32-15-14-31)28(33)13-11-21-20-8-5-4-7-19(20)10-12-26(21)35/h4-5,7-8,10-13,17-18H,2-3,6,9,14-16,31H2,1H3,(H,32,36)/p+1. The van der Waals surface area contributed by atoms with Gasteiger partial charge in [0, 0.05) is 43.3 Å². The number of nitrogens with one attached hydrogen (secondary N) is 1. The highest BCUT2D eigenvalue weighted by atomic mass is 35.5. The number of aromatic hydroxyl groups is 1. The van der Waals surface area contributed by atoms with Crippen LogP contribution in [0.25, 0.3) is 34.0 Å². The first-order chi connectivity index (χ1) is 17.4. The number of carbonyl (C=O) groups is 1. The third-order valence-electron chi connectivity index (χ3n) is 6.39. The van der Waals surface area contributed by atoms with Crippen LogP contribution in [0.2, 0.25) is 10.0 Å². The van der Waals surface area contributed by atoms with E-state index in [9.17, 15) is 9.90 Å². The normalized spacial score (nSPS) is 11.7. The molecular weight excluding hydrogens is 495 g/mol. The molecule has 1 heterocycles. The second kappa shape index (κ2) is 11.8. The topological polar surface area (TPSA) is 84.2 Å². The minimum Gasteiger partial charge on any atom is -0.507 e. The van der Waals surface area contributed by atoms with Crippen LogP contribution in [0.3, 0.4) is 0 Å².